The van der Waals surface area contributed by atoms with Gasteiger partial charge in [-0.25, -0.2) is 0 Å². The summed E-state index contributed by atoms with van der Waals surface area (Å²) < 4.78 is 0. The van der Waals surface area contributed by atoms with Crippen LogP contribution < -0.4 is 11.1 Å². The first-order valence-electron chi connectivity index (χ1n) is 8.47. The van der Waals surface area contributed by atoms with Crippen LogP contribution in [0.15, 0.2) is 53.0 Å². The molecule has 0 fully saturated rings. The fourth-order valence-corrected chi connectivity index (χ4v) is 2.71. The Kier molecular flexibility index (Phi) is 11.7. The molecule has 3 nitrogen and oxygen atoms in total. The van der Waals surface area contributed by atoms with E-state index in [-0.39, 0.29) is 5.91 Å². The number of likely N-dealkylation sites (N-methyl/N-ethyl adjacent to an activating group) is 1. The van der Waals surface area contributed by atoms with Gasteiger partial charge in [-0.3, -0.25) is 4.79 Å². The number of thioether (sulfide) groups is 1. The Balaban J connectivity index is 0.00000129. The van der Waals surface area contributed by atoms with Crippen molar-refractivity contribution in [1.29, 1.82) is 0 Å². The van der Waals surface area contributed by atoms with E-state index in [2.05, 4.69) is 37.0 Å². The molecule has 0 atom stereocenters. The third-order valence-electron chi connectivity index (χ3n) is 3.24. The number of carbonyl (C=O) groups is 1. The first kappa shape index (κ1) is 23.2. The molecule has 0 saturated heterocycles. The van der Waals surface area contributed by atoms with Crippen molar-refractivity contribution < 1.29 is 4.79 Å². The predicted octanol–water partition coefficient (Wildman–Crippen LogP) is 4.69. The largest absolute Gasteiger partial charge is 0.352 e. The van der Waals surface area contributed by atoms with E-state index in [1.807, 2.05) is 46.1 Å². The van der Waals surface area contributed by atoms with E-state index in [0.717, 1.165) is 21.6 Å². The number of benzene rings is 1. The molecule has 1 amide bonds. The van der Waals surface area contributed by atoms with Crippen LogP contribution in [0.5, 0.6) is 0 Å². The number of hydrogen-bond donors (Lipinski definition) is 2. The van der Waals surface area contributed by atoms with Gasteiger partial charge in [0.05, 0.1) is 4.91 Å². The number of nitrogens with one attached hydrogen (secondary N) is 1. The van der Waals surface area contributed by atoms with Crippen molar-refractivity contribution in [3.05, 3.63) is 64.1 Å². The van der Waals surface area contributed by atoms with Crippen LogP contribution in [0.4, 0.5) is 0 Å². The van der Waals surface area contributed by atoms with E-state index in [1.54, 1.807) is 6.08 Å². The first-order chi connectivity index (χ1) is 11.8. The van der Waals surface area contributed by atoms with Gasteiger partial charge in [-0.05, 0) is 61.4 Å². The number of carbonyl (C=O) groups excluding carboxylic acids is 1. The highest BCUT2D eigenvalue weighted by Crippen LogP contribution is 2.25. The van der Waals surface area contributed by atoms with E-state index in [9.17, 15) is 4.79 Å². The molecule has 0 aliphatic heterocycles. The van der Waals surface area contributed by atoms with E-state index < -0.39 is 0 Å². The maximum absolute atomic E-state index is 12.1. The molecule has 0 unspecified atom stereocenters. The Labute approximate surface area is 157 Å². The maximum atomic E-state index is 12.1. The van der Waals surface area contributed by atoms with Crippen LogP contribution >= 0.6 is 11.8 Å². The number of rotatable bonds is 6. The van der Waals surface area contributed by atoms with Crippen molar-refractivity contribution in [1.82, 2.24) is 5.32 Å². The van der Waals surface area contributed by atoms with Crippen LogP contribution in [0.1, 0.15) is 38.8 Å². The molecule has 1 aromatic carbocycles. The van der Waals surface area contributed by atoms with Crippen LogP contribution in [0.3, 0.4) is 0 Å². The average molecular weight is 361 g/mol. The summed E-state index contributed by atoms with van der Waals surface area (Å²) in [6.07, 6.45) is 5.80. The topological polar surface area (TPSA) is 55.1 Å². The van der Waals surface area contributed by atoms with Gasteiger partial charge in [0.2, 0.25) is 0 Å². The molecule has 0 bridgehead atoms. The van der Waals surface area contributed by atoms with Gasteiger partial charge in [0.25, 0.3) is 5.91 Å². The zero-order valence-electron chi connectivity index (χ0n) is 16.3. The van der Waals surface area contributed by atoms with E-state index >= 15 is 0 Å². The highest BCUT2D eigenvalue weighted by molar-refractivity contribution is 8.03. The smallest absolute Gasteiger partial charge is 0.257 e. The summed E-state index contributed by atoms with van der Waals surface area (Å²) in [5, 5.41) is 2.85. The maximum Gasteiger partial charge on any atom is 0.257 e. The molecule has 0 heterocycles. The van der Waals surface area contributed by atoms with E-state index in [0.29, 0.717) is 12.6 Å². The Bertz CT molecular complexity index is 628. The fourth-order valence-electron chi connectivity index (χ4n) is 2.02. The molecule has 138 valence electrons. The molecule has 0 aliphatic carbocycles. The van der Waals surface area contributed by atoms with Crippen molar-refractivity contribution in [3.8, 4) is 0 Å². The summed E-state index contributed by atoms with van der Waals surface area (Å²) in [5.41, 5.74) is 9.38. The molecule has 0 spiro atoms. The highest BCUT2D eigenvalue weighted by Gasteiger charge is 2.12. The number of allylic oxidation sites excluding steroid dienone is 3. The van der Waals surface area contributed by atoms with Crippen molar-refractivity contribution in [3.63, 3.8) is 0 Å². The van der Waals surface area contributed by atoms with E-state index in [1.165, 1.54) is 17.3 Å². The molecule has 0 aliphatic rings. The third kappa shape index (κ3) is 8.75. The van der Waals surface area contributed by atoms with Crippen molar-refractivity contribution in [2.75, 3.05) is 12.8 Å². The standard InChI is InChI=1S/C18H23NOS.C3H9N/c1-6-15(12-16-11-9-8-10-13(16)3)14(4)17(21-5)18(20)19-7-2;1-3(2)4/h6,8-12H,1,7H2,2-5H3,(H,19,20);3H,4H2,1-2H3/b15-12+,17-14+;. The summed E-state index contributed by atoms with van der Waals surface area (Å²) in [5.74, 6) is -0.0277. The lowest BCUT2D eigenvalue weighted by atomic mass is 10.0. The molecular weight excluding hydrogens is 328 g/mol. The van der Waals surface area contributed by atoms with Gasteiger partial charge in [-0.1, -0.05) is 50.8 Å². The summed E-state index contributed by atoms with van der Waals surface area (Å²) in [7, 11) is 0. The molecular formula is C21H32N2OS. The lowest BCUT2D eigenvalue weighted by Crippen LogP contribution is -2.24. The molecule has 3 N–H and O–H groups in total. The van der Waals surface area contributed by atoms with Crippen molar-refractivity contribution in [2.45, 2.75) is 40.7 Å². The van der Waals surface area contributed by atoms with Crippen LogP contribution in [0.25, 0.3) is 6.08 Å². The van der Waals surface area contributed by atoms with Crippen LogP contribution in [0, 0.1) is 6.92 Å². The van der Waals surface area contributed by atoms with Crippen LogP contribution in [0.2, 0.25) is 0 Å². The third-order valence-corrected chi connectivity index (χ3v) is 4.14. The van der Waals surface area contributed by atoms with Gasteiger partial charge in [0, 0.05) is 6.54 Å². The zero-order chi connectivity index (χ0) is 19.4. The zero-order valence-corrected chi connectivity index (χ0v) is 17.2. The Hall–Kier alpha value is -1.78. The van der Waals surface area contributed by atoms with Crippen molar-refractivity contribution >= 4 is 23.7 Å². The highest BCUT2D eigenvalue weighted by atomic mass is 32.2. The summed E-state index contributed by atoms with van der Waals surface area (Å²) in [4.78, 5) is 12.8. The van der Waals surface area contributed by atoms with Crippen LogP contribution in [-0.4, -0.2) is 24.7 Å². The molecule has 1 rings (SSSR count). The second-order valence-electron chi connectivity index (χ2n) is 5.92. The first-order valence-corrected chi connectivity index (χ1v) is 9.69. The van der Waals surface area contributed by atoms with Gasteiger partial charge < -0.3 is 11.1 Å². The van der Waals surface area contributed by atoms with Gasteiger partial charge >= 0.3 is 0 Å². The minimum atomic E-state index is -0.0277. The number of hydrogen-bond acceptors (Lipinski definition) is 3. The lowest BCUT2D eigenvalue weighted by molar-refractivity contribution is -0.116. The minimum absolute atomic E-state index is 0.0277. The Morgan fingerprint density at radius 3 is 2.36 bits per heavy atom. The van der Waals surface area contributed by atoms with Gasteiger partial charge in [-0.15, -0.1) is 11.8 Å². The molecule has 4 heteroatoms. The quantitative estimate of drug-likeness (QED) is 0.571. The van der Waals surface area contributed by atoms with Gasteiger partial charge in [-0.2, -0.15) is 0 Å². The molecule has 0 saturated carbocycles. The second-order valence-corrected chi connectivity index (χ2v) is 6.74. The Morgan fingerprint density at radius 2 is 1.92 bits per heavy atom. The monoisotopic (exact) mass is 360 g/mol. The number of amides is 1. The van der Waals surface area contributed by atoms with Crippen LogP contribution in [-0.2, 0) is 4.79 Å². The predicted molar refractivity (Wildman–Crippen MR) is 114 cm³/mol. The molecule has 0 aromatic heterocycles. The summed E-state index contributed by atoms with van der Waals surface area (Å²) in [6, 6.07) is 8.50. The fraction of sp³-hybridized carbons (Fsp3) is 0.381. The Morgan fingerprint density at radius 1 is 1.36 bits per heavy atom. The van der Waals surface area contributed by atoms with Gasteiger partial charge in [0.15, 0.2) is 0 Å². The summed E-state index contributed by atoms with van der Waals surface area (Å²) >= 11 is 1.46. The number of aryl methyl sites for hydroxylation is 1. The normalized spacial score (nSPS) is 12.1. The summed E-state index contributed by atoms with van der Waals surface area (Å²) in [6.45, 7) is 14.4. The second kappa shape index (κ2) is 12.6. The SMILES string of the molecule is C=CC(=C\c1ccccc1C)/C(C)=C(/SC)C(=O)NCC.CC(C)N. The molecule has 0 radical (unpaired) electrons. The molecule has 25 heavy (non-hydrogen) atoms. The lowest BCUT2D eigenvalue weighted by Gasteiger charge is -2.11. The number of nitrogens with two attached hydrogens (primary N) is 1. The van der Waals surface area contributed by atoms with Gasteiger partial charge in [0.1, 0.15) is 0 Å². The van der Waals surface area contributed by atoms with Crippen molar-refractivity contribution in [2.24, 2.45) is 5.73 Å². The average Bonchev–Trinajstić information content (AvgIpc) is 2.54. The van der Waals surface area contributed by atoms with E-state index in [4.69, 9.17) is 5.73 Å². The molecule has 1 aromatic rings. The minimum Gasteiger partial charge on any atom is -0.352 e.